The molecule has 0 aliphatic rings. The van der Waals surface area contributed by atoms with Crippen LogP contribution in [0.1, 0.15) is 17.7 Å². The zero-order chi connectivity index (χ0) is 18.1. The number of hydrogen-bond donors (Lipinski definition) is 1. The standard InChI is InChI=1S/C21H25N3O/c1-3-15-24(16-4-2)17-13-21(20(22)25,18-10-6-5-7-11-18)19-12-8-9-14-23-19/h3-12,14H,1-2,13,15-17H2,(H2,22,25). The molecule has 4 nitrogen and oxygen atoms in total. The Balaban J connectivity index is 2.46. The number of carbonyl (C=O) groups excluding carboxylic acids is 1. The molecule has 1 aromatic carbocycles. The maximum Gasteiger partial charge on any atom is 0.234 e. The molecule has 0 bridgehead atoms. The lowest BCUT2D eigenvalue weighted by atomic mass is 9.73. The SMILES string of the molecule is C=CCN(CC=C)CCC(C(N)=O)(c1ccccc1)c1ccccn1. The Hall–Kier alpha value is -2.72. The molecule has 1 unspecified atom stereocenters. The number of amides is 1. The zero-order valence-electron chi connectivity index (χ0n) is 14.5. The average Bonchev–Trinajstić information content (AvgIpc) is 2.64. The van der Waals surface area contributed by atoms with Gasteiger partial charge in [-0.1, -0.05) is 48.6 Å². The number of aromatic nitrogens is 1. The molecule has 0 saturated heterocycles. The van der Waals surface area contributed by atoms with E-state index in [2.05, 4.69) is 23.0 Å². The van der Waals surface area contributed by atoms with Crippen LogP contribution in [0.15, 0.2) is 80.0 Å². The highest BCUT2D eigenvalue weighted by Gasteiger charge is 2.41. The Morgan fingerprint density at radius 3 is 2.24 bits per heavy atom. The van der Waals surface area contributed by atoms with Gasteiger partial charge in [0.1, 0.15) is 5.41 Å². The summed E-state index contributed by atoms with van der Waals surface area (Å²) >= 11 is 0. The molecule has 0 aliphatic carbocycles. The highest BCUT2D eigenvalue weighted by molar-refractivity contribution is 5.90. The molecule has 2 rings (SSSR count). The Morgan fingerprint density at radius 1 is 1.08 bits per heavy atom. The van der Waals surface area contributed by atoms with Crippen LogP contribution in [0, 0.1) is 0 Å². The van der Waals surface area contributed by atoms with Crippen LogP contribution in [0.2, 0.25) is 0 Å². The Morgan fingerprint density at radius 2 is 1.72 bits per heavy atom. The van der Waals surface area contributed by atoms with E-state index in [1.165, 1.54) is 0 Å². The summed E-state index contributed by atoms with van der Waals surface area (Å²) in [6.45, 7) is 9.71. The molecule has 2 aromatic rings. The second-order valence-corrected chi connectivity index (χ2v) is 5.94. The molecule has 0 aliphatic heterocycles. The largest absolute Gasteiger partial charge is 0.369 e. The van der Waals surface area contributed by atoms with Crippen LogP contribution >= 0.6 is 0 Å². The molecule has 4 heteroatoms. The van der Waals surface area contributed by atoms with Gasteiger partial charge in [-0.25, -0.2) is 0 Å². The van der Waals surface area contributed by atoms with Crippen molar-refractivity contribution in [3.8, 4) is 0 Å². The minimum Gasteiger partial charge on any atom is -0.369 e. The van der Waals surface area contributed by atoms with E-state index in [0.717, 1.165) is 18.7 Å². The van der Waals surface area contributed by atoms with Gasteiger partial charge in [-0.2, -0.15) is 0 Å². The molecule has 0 saturated carbocycles. The van der Waals surface area contributed by atoms with E-state index in [0.29, 0.717) is 18.7 Å². The van der Waals surface area contributed by atoms with Crippen molar-refractivity contribution in [3.63, 3.8) is 0 Å². The van der Waals surface area contributed by atoms with Crippen LogP contribution in [-0.2, 0) is 10.2 Å². The number of pyridine rings is 1. The van der Waals surface area contributed by atoms with Crippen molar-refractivity contribution in [1.82, 2.24) is 9.88 Å². The minimum atomic E-state index is -0.969. The topological polar surface area (TPSA) is 59.2 Å². The third-order valence-corrected chi connectivity index (χ3v) is 4.37. The molecule has 0 fully saturated rings. The normalized spacial score (nSPS) is 13.2. The first-order valence-corrected chi connectivity index (χ1v) is 8.36. The maximum atomic E-state index is 12.7. The molecule has 1 heterocycles. The third kappa shape index (κ3) is 4.22. The maximum absolute atomic E-state index is 12.7. The number of hydrogen-bond acceptors (Lipinski definition) is 3. The lowest BCUT2D eigenvalue weighted by Crippen LogP contribution is -2.45. The average molecular weight is 335 g/mol. The second-order valence-electron chi connectivity index (χ2n) is 5.94. The summed E-state index contributed by atoms with van der Waals surface area (Å²) in [6.07, 6.45) is 5.92. The molecule has 1 amide bonds. The van der Waals surface area contributed by atoms with E-state index in [1.54, 1.807) is 6.20 Å². The Labute approximate surface area is 149 Å². The number of carbonyl (C=O) groups is 1. The van der Waals surface area contributed by atoms with Crippen LogP contribution in [0.5, 0.6) is 0 Å². The fourth-order valence-corrected chi connectivity index (χ4v) is 3.10. The van der Waals surface area contributed by atoms with Gasteiger partial charge in [0.15, 0.2) is 0 Å². The summed E-state index contributed by atoms with van der Waals surface area (Å²) in [5, 5.41) is 0. The minimum absolute atomic E-state index is 0.394. The molecule has 0 spiro atoms. The summed E-state index contributed by atoms with van der Waals surface area (Å²) in [7, 11) is 0. The van der Waals surface area contributed by atoms with Gasteiger partial charge in [0, 0.05) is 25.8 Å². The van der Waals surface area contributed by atoms with E-state index in [-0.39, 0.29) is 0 Å². The van der Waals surface area contributed by atoms with Crippen LogP contribution in [0.3, 0.4) is 0 Å². The van der Waals surface area contributed by atoms with Crippen LogP contribution in [-0.4, -0.2) is 35.4 Å². The van der Waals surface area contributed by atoms with E-state index in [1.807, 2.05) is 60.7 Å². The van der Waals surface area contributed by atoms with Crippen LogP contribution in [0.4, 0.5) is 0 Å². The predicted molar refractivity (Wildman–Crippen MR) is 102 cm³/mol. The summed E-state index contributed by atoms with van der Waals surface area (Å²) in [6, 6.07) is 15.2. The third-order valence-electron chi connectivity index (χ3n) is 4.37. The van der Waals surface area contributed by atoms with Gasteiger partial charge in [0.05, 0.1) is 5.69 Å². The highest BCUT2D eigenvalue weighted by atomic mass is 16.1. The lowest BCUT2D eigenvalue weighted by Gasteiger charge is -2.33. The monoisotopic (exact) mass is 335 g/mol. The van der Waals surface area contributed by atoms with Gasteiger partial charge in [-0.05, 0) is 24.1 Å². The van der Waals surface area contributed by atoms with Gasteiger partial charge in [0.25, 0.3) is 0 Å². The van der Waals surface area contributed by atoms with Crippen molar-refractivity contribution in [2.45, 2.75) is 11.8 Å². The van der Waals surface area contributed by atoms with Crippen molar-refractivity contribution in [2.75, 3.05) is 19.6 Å². The summed E-state index contributed by atoms with van der Waals surface area (Å²) in [4.78, 5) is 19.3. The number of benzene rings is 1. The second kappa shape index (κ2) is 8.94. The quantitative estimate of drug-likeness (QED) is 0.679. The molecule has 0 radical (unpaired) electrons. The highest BCUT2D eigenvalue weighted by Crippen LogP contribution is 2.34. The van der Waals surface area contributed by atoms with Gasteiger partial charge in [-0.15, -0.1) is 13.2 Å². The van der Waals surface area contributed by atoms with Crippen molar-refractivity contribution >= 4 is 5.91 Å². The first-order valence-electron chi connectivity index (χ1n) is 8.36. The fraction of sp³-hybridized carbons (Fsp3) is 0.238. The van der Waals surface area contributed by atoms with Crippen molar-refractivity contribution in [3.05, 3.63) is 91.3 Å². The van der Waals surface area contributed by atoms with Crippen molar-refractivity contribution in [1.29, 1.82) is 0 Å². The Kier molecular flexibility index (Phi) is 6.66. The molecular weight excluding hydrogens is 310 g/mol. The first-order chi connectivity index (χ1) is 12.1. The van der Waals surface area contributed by atoms with Gasteiger partial charge in [-0.3, -0.25) is 14.7 Å². The number of primary amides is 1. The molecule has 1 atom stereocenters. The fourth-order valence-electron chi connectivity index (χ4n) is 3.10. The van der Waals surface area contributed by atoms with E-state index in [9.17, 15) is 4.79 Å². The number of rotatable bonds is 10. The van der Waals surface area contributed by atoms with Gasteiger partial charge >= 0.3 is 0 Å². The van der Waals surface area contributed by atoms with Gasteiger partial charge in [0.2, 0.25) is 5.91 Å². The Bertz CT molecular complexity index is 648. The molecule has 2 N–H and O–H groups in total. The smallest absolute Gasteiger partial charge is 0.234 e. The first kappa shape index (κ1) is 18.6. The van der Waals surface area contributed by atoms with Crippen molar-refractivity contribution < 1.29 is 4.79 Å². The number of nitrogens with zero attached hydrogens (tertiary/aromatic N) is 2. The van der Waals surface area contributed by atoms with Gasteiger partial charge < -0.3 is 5.73 Å². The van der Waals surface area contributed by atoms with Crippen molar-refractivity contribution in [2.24, 2.45) is 5.73 Å². The summed E-state index contributed by atoms with van der Waals surface area (Å²) < 4.78 is 0. The predicted octanol–water partition coefficient (Wildman–Crippen LogP) is 2.92. The summed E-state index contributed by atoms with van der Waals surface area (Å²) in [5.41, 5.74) is 6.49. The van der Waals surface area contributed by atoms with E-state index < -0.39 is 11.3 Å². The molecule has 1 aromatic heterocycles. The van der Waals surface area contributed by atoms with E-state index in [4.69, 9.17) is 5.73 Å². The number of nitrogens with two attached hydrogens (primary N) is 1. The molecule has 25 heavy (non-hydrogen) atoms. The zero-order valence-corrected chi connectivity index (χ0v) is 14.5. The lowest BCUT2D eigenvalue weighted by molar-refractivity contribution is -0.122. The van der Waals surface area contributed by atoms with Crippen LogP contribution < -0.4 is 5.73 Å². The molecular formula is C21H25N3O. The summed E-state index contributed by atoms with van der Waals surface area (Å²) in [5.74, 6) is -0.394. The van der Waals surface area contributed by atoms with Crippen LogP contribution in [0.25, 0.3) is 0 Å². The van der Waals surface area contributed by atoms with E-state index >= 15 is 0 Å². The molecule has 130 valence electrons.